The summed E-state index contributed by atoms with van der Waals surface area (Å²) >= 11 is 0. The number of hydrogen-bond donors (Lipinski definition) is 2. The van der Waals surface area contributed by atoms with Gasteiger partial charge in [-0.15, -0.1) is 0 Å². The highest BCUT2D eigenvalue weighted by Gasteiger charge is 2.29. The van der Waals surface area contributed by atoms with Crippen molar-refractivity contribution in [2.24, 2.45) is 0 Å². The van der Waals surface area contributed by atoms with Gasteiger partial charge < -0.3 is 10.4 Å². The van der Waals surface area contributed by atoms with Crippen LogP contribution in [0.2, 0.25) is 0 Å². The first-order valence-corrected chi connectivity index (χ1v) is 12.6. The van der Waals surface area contributed by atoms with E-state index in [1.165, 1.54) is 27.4 Å². The third-order valence-corrected chi connectivity index (χ3v) is 7.52. The first-order valence-electron chi connectivity index (χ1n) is 10.7. The Morgan fingerprint density at radius 1 is 1.25 bits per heavy atom. The van der Waals surface area contributed by atoms with Crippen molar-refractivity contribution in [2.75, 3.05) is 24.7 Å². The average Bonchev–Trinajstić information content (AvgIpc) is 3.14. The van der Waals surface area contributed by atoms with Crippen LogP contribution in [0.1, 0.15) is 43.7 Å². The lowest BCUT2D eigenvalue weighted by Crippen LogP contribution is -2.42. The number of halogens is 2. The molecule has 2 aliphatic rings. The van der Waals surface area contributed by atoms with E-state index in [4.69, 9.17) is 0 Å². The Morgan fingerprint density at radius 3 is 2.56 bits per heavy atom. The van der Waals surface area contributed by atoms with E-state index in [1.54, 1.807) is 0 Å². The van der Waals surface area contributed by atoms with Gasteiger partial charge in [0.2, 0.25) is 22.4 Å². The fraction of sp³-hybridized carbons (Fsp3) is 0.650. The summed E-state index contributed by atoms with van der Waals surface area (Å²) in [5, 5.41) is 13.7. The van der Waals surface area contributed by atoms with Gasteiger partial charge in [-0.3, -0.25) is 9.36 Å². The number of nitrogens with zero attached hydrogens (tertiary/aromatic N) is 4. The standard InChI is InChI=1S/C20H27F2N5O4S/c1-32(30,31)26-6-4-14(5-7-26)24-20-23-11-13-8-12(9-17(21)22)19(29)27(18(13)25-20)15-2-3-16(28)10-15/h8,11,14-17,28H,2-7,9-10H2,1H3,(H,23,24,25)/t15-,16-/m1/s1. The van der Waals surface area contributed by atoms with Gasteiger partial charge in [-0.2, -0.15) is 4.98 Å². The Bertz CT molecular complexity index is 1150. The van der Waals surface area contributed by atoms with Crippen molar-refractivity contribution < 1.29 is 22.3 Å². The van der Waals surface area contributed by atoms with Gasteiger partial charge in [0.05, 0.1) is 12.4 Å². The Hall–Kier alpha value is -2.18. The Balaban J connectivity index is 1.65. The number of pyridine rings is 1. The number of sulfonamides is 1. The van der Waals surface area contributed by atoms with Crippen LogP contribution in [0.25, 0.3) is 11.0 Å². The molecule has 176 valence electrons. The van der Waals surface area contributed by atoms with E-state index in [1.807, 2.05) is 0 Å². The molecular formula is C20H27F2N5O4S. The first-order chi connectivity index (χ1) is 15.1. The van der Waals surface area contributed by atoms with Crippen molar-refractivity contribution in [1.82, 2.24) is 18.8 Å². The van der Waals surface area contributed by atoms with E-state index >= 15 is 0 Å². The van der Waals surface area contributed by atoms with Gasteiger partial charge in [0.25, 0.3) is 5.56 Å². The number of fused-ring (bicyclic) bond motifs is 1. The summed E-state index contributed by atoms with van der Waals surface area (Å²) in [5.74, 6) is 0.295. The number of piperidine rings is 1. The van der Waals surface area contributed by atoms with Crippen LogP contribution in [0.3, 0.4) is 0 Å². The fourth-order valence-corrected chi connectivity index (χ4v) is 5.46. The molecule has 3 heterocycles. The van der Waals surface area contributed by atoms with E-state index in [2.05, 4.69) is 15.3 Å². The lowest BCUT2D eigenvalue weighted by molar-refractivity contribution is 0.148. The molecule has 9 nitrogen and oxygen atoms in total. The van der Waals surface area contributed by atoms with Crippen LogP contribution in [0.15, 0.2) is 17.1 Å². The highest BCUT2D eigenvalue weighted by molar-refractivity contribution is 7.88. The highest BCUT2D eigenvalue weighted by atomic mass is 32.2. The van der Waals surface area contributed by atoms with E-state index in [9.17, 15) is 27.1 Å². The maximum Gasteiger partial charge on any atom is 0.255 e. The summed E-state index contributed by atoms with van der Waals surface area (Å²) in [6, 6.07) is 1.07. The summed E-state index contributed by atoms with van der Waals surface area (Å²) in [5.41, 5.74) is -0.160. The number of alkyl halides is 2. The largest absolute Gasteiger partial charge is 0.393 e. The Kier molecular flexibility index (Phi) is 6.46. The lowest BCUT2D eigenvalue weighted by Gasteiger charge is -2.30. The maximum atomic E-state index is 13.0. The Labute approximate surface area is 184 Å². The van der Waals surface area contributed by atoms with E-state index in [0.29, 0.717) is 62.2 Å². The zero-order chi connectivity index (χ0) is 23.0. The zero-order valence-corrected chi connectivity index (χ0v) is 18.6. The van der Waals surface area contributed by atoms with E-state index in [-0.39, 0.29) is 17.6 Å². The number of anilines is 1. The Morgan fingerprint density at radius 2 is 1.97 bits per heavy atom. The smallest absolute Gasteiger partial charge is 0.255 e. The molecule has 0 bridgehead atoms. The molecule has 0 unspecified atom stereocenters. The maximum absolute atomic E-state index is 13.0. The van der Waals surface area contributed by atoms with Crippen LogP contribution in [0.5, 0.6) is 0 Å². The van der Waals surface area contributed by atoms with Crippen molar-refractivity contribution >= 4 is 27.0 Å². The molecule has 0 aromatic carbocycles. The molecule has 1 aliphatic heterocycles. The zero-order valence-electron chi connectivity index (χ0n) is 17.7. The number of aromatic nitrogens is 3. The quantitative estimate of drug-likeness (QED) is 0.656. The number of aliphatic hydroxyl groups is 1. The molecule has 1 saturated carbocycles. The summed E-state index contributed by atoms with van der Waals surface area (Å²) in [7, 11) is -3.23. The van der Waals surface area contributed by atoms with Crippen molar-refractivity contribution in [3.63, 3.8) is 0 Å². The lowest BCUT2D eigenvalue weighted by atomic mass is 10.1. The second-order valence-corrected chi connectivity index (χ2v) is 10.6. The van der Waals surface area contributed by atoms with Crippen LogP contribution in [-0.2, 0) is 16.4 Å². The molecule has 0 radical (unpaired) electrons. The van der Waals surface area contributed by atoms with Crippen LogP contribution >= 0.6 is 0 Å². The third kappa shape index (κ3) is 4.91. The second-order valence-electron chi connectivity index (χ2n) is 8.61. The van der Waals surface area contributed by atoms with Crippen LogP contribution < -0.4 is 10.9 Å². The predicted molar refractivity (Wildman–Crippen MR) is 115 cm³/mol. The molecule has 12 heteroatoms. The van der Waals surface area contributed by atoms with Crippen molar-refractivity contribution in [1.29, 1.82) is 0 Å². The molecule has 1 saturated heterocycles. The molecule has 2 aromatic rings. The molecule has 2 fully saturated rings. The van der Waals surface area contributed by atoms with Gasteiger partial charge >= 0.3 is 0 Å². The SMILES string of the molecule is CS(=O)(=O)N1CCC(Nc2ncc3cc(CC(F)F)c(=O)n([C@@H]4CC[C@@H](O)C4)c3n2)CC1. The van der Waals surface area contributed by atoms with Crippen LogP contribution in [0.4, 0.5) is 14.7 Å². The summed E-state index contributed by atoms with van der Waals surface area (Å²) in [4.78, 5) is 21.9. The first kappa shape index (κ1) is 23.0. The predicted octanol–water partition coefficient (Wildman–Crippen LogP) is 1.52. The molecule has 4 rings (SSSR count). The minimum atomic E-state index is -3.23. The number of aliphatic hydroxyl groups excluding tert-OH is 1. The molecule has 0 amide bonds. The van der Waals surface area contributed by atoms with Gasteiger partial charge in [-0.05, 0) is 38.2 Å². The van der Waals surface area contributed by atoms with Gasteiger partial charge in [-0.25, -0.2) is 26.5 Å². The topological polar surface area (TPSA) is 117 Å². The molecule has 1 aliphatic carbocycles. The van der Waals surface area contributed by atoms with Crippen molar-refractivity contribution in [3.05, 3.63) is 28.2 Å². The van der Waals surface area contributed by atoms with Crippen LogP contribution in [-0.4, -0.2) is 70.3 Å². The normalized spacial score (nSPS) is 23.3. The molecule has 2 aromatic heterocycles. The molecule has 2 N–H and O–H groups in total. The summed E-state index contributed by atoms with van der Waals surface area (Å²) in [6.07, 6.45) is 1.49. The van der Waals surface area contributed by atoms with Crippen molar-refractivity contribution in [2.45, 2.75) is 63.1 Å². The summed E-state index contributed by atoms with van der Waals surface area (Å²) in [6.45, 7) is 0.789. The molecule has 0 spiro atoms. The number of nitrogens with one attached hydrogen (secondary N) is 1. The monoisotopic (exact) mass is 471 g/mol. The molecule has 2 atom stereocenters. The number of hydrogen-bond acceptors (Lipinski definition) is 7. The van der Waals surface area contributed by atoms with Gasteiger partial charge in [0.15, 0.2) is 0 Å². The van der Waals surface area contributed by atoms with E-state index in [0.717, 1.165) is 0 Å². The number of rotatable bonds is 6. The fourth-order valence-electron chi connectivity index (χ4n) is 4.58. The second kappa shape index (κ2) is 8.99. The third-order valence-electron chi connectivity index (χ3n) is 6.22. The highest BCUT2D eigenvalue weighted by Crippen LogP contribution is 2.31. The molecular weight excluding hydrogens is 444 g/mol. The van der Waals surface area contributed by atoms with Gasteiger partial charge in [-0.1, -0.05) is 0 Å². The summed E-state index contributed by atoms with van der Waals surface area (Å²) < 4.78 is 52.3. The van der Waals surface area contributed by atoms with Gasteiger partial charge in [0.1, 0.15) is 5.65 Å². The average molecular weight is 472 g/mol. The molecule has 32 heavy (non-hydrogen) atoms. The van der Waals surface area contributed by atoms with Gasteiger partial charge in [0, 0.05) is 48.7 Å². The van der Waals surface area contributed by atoms with Crippen molar-refractivity contribution in [3.8, 4) is 0 Å². The van der Waals surface area contributed by atoms with Crippen LogP contribution in [0, 0.1) is 0 Å². The minimum Gasteiger partial charge on any atom is -0.393 e. The minimum absolute atomic E-state index is 0.00588. The van der Waals surface area contributed by atoms with E-state index < -0.39 is 34.5 Å².